The Labute approximate surface area is 110 Å². The second-order valence-corrected chi connectivity index (χ2v) is 4.98. The van der Waals surface area contributed by atoms with Crippen molar-refractivity contribution in [3.8, 4) is 0 Å². The molecule has 0 saturated carbocycles. The fourth-order valence-electron chi connectivity index (χ4n) is 1.62. The lowest BCUT2D eigenvalue weighted by atomic mass is 10.2. The molecule has 88 valence electrons. The highest BCUT2D eigenvalue weighted by Crippen LogP contribution is 2.22. The molecule has 0 radical (unpaired) electrons. The van der Waals surface area contributed by atoms with E-state index < -0.39 is 0 Å². The Morgan fingerprint density at radius 2 is 2.06 bits per heavy atom. The van der Waals surface area contributed by atoms with Gasteiger partial charge in [0, 0.05) is 22.5 Å². The summed E-state index contributed by atoms with van der Waals surface area (Å²) in [5.41, 5.74) is 0.925. The van der Waals surface area contributed by atoms with Crippen LogP contribution in [-0.4, -0.2) is 12.5 Å². The number of carbonyl (C=O) groups excluding carboxylic acids is 1. The molecule has 4 heteroatoms. The topological polar surface area (TPSA) is 20.3 Å². The Morgan fingerprint density at radius 1 is 1.35 bits per heavy atom. The number of rotatable bonds is 3. The fraction of sp³-hybridized carbons (Fsp3) is 0.154. The van der Waals surface area contributed by atoms with Gasteiger partial charge in [0.1, 0.15) is 0 Å². The molecule has 0 N–H and O–H groups in total. The van der Waals surface area contributed by atoms with Gasteiger partial charge in [0.25, 0.3) is 5.91 Å². The molecule has 2 nitrogen and oxygen atoms in total. The minimum Gasteiger partial charge on any atom is -0.308 e. The number of thiophene rings is 1. The van der Waals surface area contributed by atoms with Gasteiger partial charge in [-0.2, -0.15) is 0 Å². The third-order valence-electron chi connectivity index (χ3n) is 2.43. The molecule has 0 fully saturated rings. The summed E-state index contributed by atoms with van der Waals surface area (Å²) in [5.74, 6) is 0.0315. The summed E-state index contributed by atoms with van der Waals surface area (Å²) in [6, 6.07) is 11.5. The Kier molecular flexibility index (Phi) is 3.86. The molecule has 17 heavy (non-hydrogen) atoms. The van der Waals surface area contributed by atoms with Crippen LogP contribution in [0.1, 0.15) is 16.6 Å². The van der Waals surface area contributed by atoms with Crippen LogP contribution < -0.4 is 4.90 Å². The highest BCUT2D eigenvalue weighted by Gasteiger charge is 2.17. The van der Waals surface area contributed by atoms with Crippen LogP contribution >= 0.6 is 24.0 Å². The van der Waals surface area contributed by atoms with Crippen LogP contribution in [0, 0.1) is 0 Å². The van der Waals surface area contributed by atoms with Crippen LogP contribution in [0.3, 0.4) is 0 Å². The first-order chi connectivity index (χ1) is 8.22. The molecule has 0 aliphatic heterocycles. The van der Waals surface area contributed by atoms with E-state index in [2.05, 4.69) is 12.6 Å². The van der Waals surface area contributed by atoms with E-state index in [1.165, 1.54) is 11.3 Å². The fourth-order valence-corrected chi connectivity index (χ4v) is 2.72. The predicted octanol–water partition coefficient (Wildman–Crippen LogP) is 3.70. The molecular formula is C13H13NOS2. The van der Waals surface area contributed by atoms with E-state index in [0.29, 0.717) is 6.54 Å². The lowest BCUT2D eigenvalue weighted by Gasteiger charge is -2.20. The summed E-state index contributed by atoms with van der Waals surface area (Å²) in [6.07, 6.45) is 0. The van der Waals surface area contributed by atoms with Gasteiger partial charge in [0.2, 0.25) is 0 Å². The number of amides is 1. The first-order valence-corrected chi connectivity index (χ1v) is 6.69. The molecule has 1 aromatic carbocycles. The SMILES string of the molecule is CCN(C(=O)c1cc(S)cs1)c1ccccc1. The second-order valence-electron chi connectivity index (χ2n) is 3.55. The zero-order chi connectivity index (χ0) is 12.3. The van der Waals surface area contributed by atoms with E-state index in [-0.39, 0.29) is 5.91 Å². The predicted molar refractivity (Wildman–Crippen MR) is 75.4 cm³/mol. The maximum Gasteiger partial charge on any atom is 0.268 e. The maximum atomic E-state index is 12.3. The molecule has 0 spiro atoms. The lowest BCUT2D eigenvalue weighted by Crippen LogP contribution is -2.29. The first kappa shape index (κ1) is 12.2. The quantitative estimate of drug-likeness (QED) is 0.837. The number of benzene rings is 1. The van der Waals surface area contributed by atoms with E-state index in [1.807, 2.05) is 48.7 Å². The van der Waals surface area contributed by atoms with Crippen molar-refractivity contribution in [2.24, 2.45) is 0 Å². The molecular weight excluding hydrogens is 250 g/mol. The normalized spacial score (nSPS) is 10.2. The Morgan fingerprint density at radius 3 is 2.59 bits per heavy atom. The van der Waals surface area contributed by atoms with Crippen LogP contribution in [0.25, 0.3) is 0 Å². The van der Waals surface area contributed by atoms with Crippen molar-refractivity contribution in [3.63, 3.8) is 0 Å². The summed E-state index contributed by atoms with van der Waals surface area (Å²) < 4.78 is 0. The van der Waals surface area contributed by atoms with Crippen molar-refractivity contribution >= 4 is 35.6 Å². The zero-order valence-corrected chi connectivity index (χ0v) is 11.2. The molecule has 2 rings (SSSR count). The number of hydrogen-bond donors (Lipinski definition) is 1. The van der Waals surface area contributed by atoms with E-state index in [0.717, 1.165) is 15.5 Å². The van der Waals surface area contributed by atoms with Crippen molar-refractivity contribution in [1.82, 2.24) is 0 Å². The van der Waals surface area contributed by atoms with E-state index in [1.54, 1.807) is 4.90 Å². The van der Waals surface area contributed by atoms with Crippen LogP contribution in [0.15, 0.2) is 46.7 Å². The summed E-state index contributed by atoms with van der Waals surface area (Å²) in [4.78, 5) is 15.6. The molecule has 0 atom stereocenters. The van der Waals surface area contributed by atoms with E-state index >= 15 is 0 Å². The summed E-state index contributed by atoms with van der Waals surface area (Å²) in [7, 11) is 0. The van der Waals surface area contributed by atoms with Crippen LogP contribution in [0.5, 0.6) is 0 Å². The second kappa shape index (κ2) is 5.38. The van der Waals surface area contributed by atoms with E-state index in [4.69, 9.17) is 0 Å². The van der Waals surface area contributed by atoms with Gasteiger partial charge in [0.15, 0.2) is 0 Å². The van der Waals surface area contributed by atoms with Crippen molar-refractivity contribution < 1.29 is 4.79 Å². The minimum absolute atomic E-state index is 0.0315. The Bertz CT molecular complexity index is 507. The van der Waals surface area contributed by atoms with Gasteiger partial charge in [0.05, 0.1) is 4.88 Å². The molecule has 0 aliphatic carbocycles. The number of thiol groups is 1. The van der Waals surface area contributed by atoms with Crippen LogP contribution in [0.4, 0.5) is 5.69 Å². The molecule has 1 aromatic heterocycles. The van der Waals surface area contributed by atoms with Gasteiger partial charge in [-0.3, -0.25) is 4.79 Å². The Hall–Kier alpha value is -1.26. The highest BCUT2D eigenvalue weighted by atomic mass is 32.1. The standard InChI is InChI=1S/C13H13NOS2/c1-2-14(10-6-4-3-5-7-10)13(15)12-8-11(16)9-17-12/h3-9,16H,2H2,1H3. The lowest BCUT2D eigenvalue weighted by molar-refractivity contribution is 0.0992. The van der Waals surface area contributed by atoms with Gasteiger partial charge >= 0.3 is 0 Å². The molecule has 1 amide bonds. The summed E-state index contributed by atoms with van der Waals surface area (Å²) in [6.45, 7) is 2.63. The van der Waals surface area contributed by atoms with Crippen molar-refractivity contribution in [1.29, 1.82) is 0 Å². The highest BCUT2D eigenvalue weighted by molar-refractivity contribution is 7.80. The summed E-state index contributed by atoms with van der Waals surface area (Å²) in [5, 5.41) is 1.87. The number of nitrogens with zero attached hydrogens (tertiary/aromatic N) is 1. The van der Waals surface area contributed by atoms with Crippen LogP contribution in [-0.2, 0) is 0 Å². The third kappa shape index (κ3) is 2.70. The zero-order valence-electron chi connectivity index (χ0n) is 9.46. The van der Waals surface area contributed by atoms with E-state index in [9.17, 15) is 4.79 Å². The van der Waals surface area contributed by atoms with Gasteiger partial charge in [-0.1, -0.05) is 18.2 Å². The van der Waals surface area contributed by atoms with Crippen molar-refractivity contribution in [2.45, 2.75) is 11.8 Å². The Balaban J connectivity index is 2.28. The van der Waals surface area contributed by atoms with Gasteiger partial charge < -0.3 is 4.90 Å². The number of anilines is 1. The minimum atomic E-state index is 0.0315. The molecule has 0 bridgehead atoms. The monoisotopic (exact) mass is 263 g/mol. The van der Waals surface area contributed by atoms with Crippen molar-refractivity contribution in [3.05, 3.63) is 46.7 Å². The van der Waals surface area contributed by atoms with Crippen LogP contribution in [0.2, 0.25) is 0 Å². The molecule has 0 saturated heterocycles. The maximum absolute atomic E-state index is 12.3. The van der Waals surface area contributed by atoms with Gasteiger partial charge in [-0.05, 0) is 25.1 Å². The third-order valence-corrected chi connectivity index (χ3v) is 3.78. The number of para-hydroxylation sites is 1. The number of carbonyl (C=O) groups is 1. The van der Waals surface area contributed by atoms with Crippen molar-refractivity contribution in [2.75, 3.05) is 11.4 Å². The average Bonchev–Trinajstić information content (AvgIpc) is 2.78. The summed E-state index contributed by atoms with van der Waals surface area (Å²) >= 11 is 5.65. The molecule has 1 heterocycles. The van der Waals surface area contributed by atoms with Gasteiger partial charge in [-0.15, -0.1) is 24.0 Å². The average molecular weight is 263 g/mol. The first-order valence-electron chi connectivity index (χ1n) is 5.36. The smallest absolute Gasteiger partial charge is 0.268 e. The van der Waals surface area contributed by atoms with Gasteiger partial charge in [-0.25, -0.2) is 0 Å². The molecule has 0 aliphatic rings. The number of hydrogen-bond acceptors (Lipinski definition) is 3. The molecule has 2 aromatic rings. The largest absolute Gasteiger partial charge is 0.308 e. The molecule has 0 unspecified atom stereocenters.